The van der Waals surface area contributed by atoms with Crippen LogP contribution in [-0.4, -0.2) is 16.5 Å². The number of aromatic nitrogens is 1. The molecule has 0 fully saturated rings. The third kappa shape index (κ3) is 3.12. The molecule has 106 valence electrons. The molecule has 2 aromatic rings. The molecule has 2 rings (SSSR count). The Labute approximate surface area is 120 Å². The van der Waals surface area contributed by atoms with Gasteiger partial charge in [0, 0.05) is 18.2 Å². The average Bonchev–Trinajstić information content (AvgIpc) is 2.46. The first-order valence-corrected chi connectivity index (χ1v) is 6.15. The van der Waals surface area contributed by atoms with E-state index in [1.165, 1.54) is 18.2 Å². The van der Waals surface area contributed by atoms with Crippen molar-refractivity contribution >= 4 is 11.5 Å². The van der Waals surface area contributed by atoms with Gasteiger partial charge in [-0.25, -0.2) is 9.37 Å². The standard InChI is InChI=1S/C14H11FN4O2/c1-2-17-13-4-3-12(19(20)21)14(18-13)10-5-9(8-16)6-11(15)7-10/h3-7H,2H2,1H3,(H,17,18). The summed E-state index contributed by atoms with van der Waals surface area (Å²) in [6, 6.07) is 8.14. The van der Waals surface area contributed by atoms with Gasteiger partial charge in [-0.2, -0.15) is 5.26 Å². The van der Waals surface area contributed by atoms with Gasteiger partial charge < -0.3 is 5.32 Å². The third-order valence-corrected chi connectivity index (χ3v) is 2.73. The molecule has 0 radical (unpaired) electrons. The minimum Gasteiger partial charge on any atom is -0.370 e. The molecule has 0 saturated carbocycles. The van der Waals surface area contributed by atoms with Crippen molar-refractivity contribution in [1.82, 2.24) is 4.98 Å². The highest BCUT2D eigenvalue weighted by Crippen LogP contribution is 2.30. The van der Waals surface area contributed by atoms with Crippen molar-refractivity contribution in [3.8, 4) is 17.3 Å². The lowest BCUT2D eigenvalue weighted by Gasteiger charge is -2.07. The van der Waals surface area contributed by atoms with Gasteiger partial charge in [-0.3, -0.25) is 10.1 Å². The van der Waals surface area contributed by atoms with Crippen molar-refractivity contribution in [2.45, 2.75) is 6.92 Å². The molecule has 1 aromatic heterocycles. The molecule has 21 heavy (non-hydrogen) atoms. The minimum absolute atomic E-state index is 0.0226. The molecule has 0 amide bonds. The van der Waals surface area contributed by atoms with Crippen molar-refractivity contribution in [1.29, 1.82) is 5.26 Å². The highest BCUT2D eigenvalue weighted by Gasteiger charge is 2.19. The molecule has 1 N–H and O–H groups in total. The van der Waals surface area contributed by atoms with Crippen molar-refractivity contribution in [3.05, 3.63) is 51.8 Å². The number of rotatable bonds is 4. The first kappa shape index (κ1) is 14.4. The van der Waals surface area contributed by atoms with E-state index in [4.69, 9.17) is 5.26 Å². The van der Waals surface area contributed by atoms with Gasteiger partial charge in [-0.05, 0) is 31.2 Å². The number of pyridine rings is 1. The summed E-state index contributed by atoms with van der Waals surface area (Å²) in [7, 11) is 0. The lowest BCUT2D eigenvalue weighted by atomic mass is 10.1. The van der Waals surface area contributed by atoms with Crippen molar-refractivity contribution in [2.75, 3.05) is 11.9 Å². The van der Waals surface area contributed by atoms with E-state index in [1.807, 2.05) is 13.0 Å². The maximum atomic E-state index is 13.5. The minimum atomic E-state index is -0.644. The summed E-state index contributed by atoms with van der Waals surface area (Å²) in [5.41, 5.74) is 0.0496. The number of benzene rings is 1. The largest absolute Gasteiger partial charge is 0.370 e. The molecule has 0 atom stereocenters. The summed E-state index contributed by atoms with van der Waals surface area (Å²) in [5.74, 6) is -0.199. The number of nitrogens with one attached hydrogen (secondary N) is 1. The Balaban J connectivity index is 2.65. The first-order chi connectivity index (χ1) is 10.0. The lowest BCUT2D eigenvalue weighted by molar-refractivity contribution is -0.384. The fourth-order valence-corrected chi connectivity index (χ4v) is 1.88. The number of nitrogens with zero attached hydrogens (tertiary/aromatic N) is 3. The number of hydrogen-bond donors (Lipinski definition) is 1. The van der Waals surface area contributed by atoms with Crippen LogP contribution in [0.2, 0.25) is 0 Å². The van der Waals surface area contributed by atoms with Crippen LogP contribution >= 0.6 is 0 Å². The van der Waals surface area contributed by atoms with Gasteiger partial charge in [-0.1, -0.05) is 0 Å². The smallest absolute Gasteiger partial charge is 0.295 e. The summed E-state index contributed by atoms with van der Waals surface area (Å²) in [6.07, 6.45) is 0. The predicted molar refractivity (Wildman–Crippen MR) is 75.2 cm³/mol. The molecule has 0 aliphatic carbocycles. The zero-order valence-corrected chi connectivity index (χ0v) is 11.1. The fraction of sp³-hybridized carbons (Fsp3) is 0.143. The Morgan fingerprint density at radius 3 is 2.81 bits per heavy atom. The van der Waals surface area contributed by atoms with E-state index in [-0.39, 0.29) is 22.5 Å². The van der Waals surface area contributed by atoms with Gasteiger partial charge in [0.25, 0.3) is 5.69 Å². The average molecular weight is 286 g/mol. The highest BCUT2D eigenvalue weighted by atomic mass is 19.1. The van der Waals surface area contributed by atoms with Crippen LogP contribution in [-0.2, 0) is 0 Å². The van der Waals surface area contributed by atoms with Crippen LogP contribution in [0.3, 0.4) is 0 Å². The molecule has 0 saturated heterocycles. The van der Waals surface area contributed by atoms with Gasteiger partial charge in [0.15, 0.2) is 5.69 Å². The van der Waals surface area contributed by atoms with E-state index in [0.29, 0.717) is 12.4 Å². The van der Waals surface area contributed by atoms with E-state index in [2.05, 4.69) is 10.3 Å². The van der Waals surface area contributed by atoms with E-state index in [9.17, 15) is 14.5 Å². The Hall–Kier alpha value is -3.01. The molecular formula is C14H11FN4O2. The van der Waals surface area contributed by atoms with Crippen LogP contribution in [0.25, 0.3) is 11.3 Å². The second-order valence-corrected chi connectivity index (χ2v) is 4.19. The quantitative estimate of drug-likeness (QED) is 0.688. The Kier molecular flexibility index (Phi) is 4.09. The highest BCUT2D eigenvalue weighted by molar-refractivity contribution is 5.72. The summed E-state index contributed by atoms with van der Waals surface area (Å²) in [6.45, 7) is 2.45. The second-order valence-electron chi connectivity index (χ2n) is 4.19. The Morgan fingerprint density at radius 1 is 1.43 bits per heavy atom. The first-order valence-electron chi connectivity index (χ1n) is 6.15. The van der Waals surface area contributed by atoms with Crippen molar-refractivity contribution in [2.24, 2.45) is 0 Å². The van der Waals surface area contributed by atoms with Gasteiger partial charge in [0.2, 0.25) is 0 Å². The third-order valence-electron chi connectivity index (χ3n) is 2.73. The van der Waals surface area contributed by atoms with Gasteiger partial charge in [0.1, 0.15) is 11.6 Å². The summed E-state index contributed by atoms with van der Waals surface area (Å²) >= 11 is 0. The molecule has 7 heteroatoms. The van der Waals surface area contributed by atoms with E-state index in [0.717, 1.165) is 12.1 Å². The van der Waals surface area contributed by atoms with E-state index < -0.39 is 10.7 Å². The maximum Gasteiger partial charge on any atom is 0.295 e. The summed E-state index contributed by atoms with van der Waals surface area (Å²) in [4.78, 5) is 14.6. The molecule has 0 spiro atoms. The number of nitriles is 1. The number of nitro groups is 1. The number of anilines is 1. The van der Waals surface area contributed by atoms with Crippen LogP contribution < -0.4 is 5.32 Å². The zero-order valence-electron chi connectivity index (χ0n) is 11.1. The number of hydrogen-bond acceptors (Lipinski definition) is 5. The predicted octanol–water partition coefficient (Wildman–Crippen LogP) is 3.10. The molecule has 0 aliphatic rings. The molecule has 0 unspecified atom stereocenters. The molecular weight excluding hydrogens is 275 g/mol. The topological polar surface area (TPSA) is 91.9 Å². The number of halogens is 1. The SMILES string of the molecule is CCNc1ccc([N+](=O)[O-])c(-c2cc(F)cc(C#N)c2)n1. The molecule has 1 heterocycles. The van der Waals surface area contributed by atoms with Crippen molar-refractivity contribution < 1.29 is 9.31 Å². The monoisotopic (exact) mass is 286 g/mol. The lowest BCUT2D eigenvalue weighted by Crippen LogP contribution is -2.02. The molecule has 0 bridgehead atoms. The normalized spacial score (nSPS) is 9.95. The Morgan fingerprint density at radius 2 is 2.19 bits per heavy atom. The maximum absolute atomic E-state index is 13.5. The van der Waals surface area contributed by atoms with E-state index in [1.54, 1.807) is 0 Å². The fourth-order valence-electron chi connectivity index (χ4n) is 1.88. The zero-order chi connectivity index (χ0) is 15.4. The Bertz CT molecular complexity index is 740. The van der Waals surface area contributed by atoms with Gasteiger partial charge >= 0.3 is 0 Å². The summed E-state index contributed by atoms with van der Waals surface area (Å²) < 4.78 is 13.5. The van der Waals surface area contributed by atoms with Crippen LogP contribution in [0.5, 0.6) is 0 Å². The summed E-state index contributed by atoms with van der Waals surface area (Å²) in [5, 5.41) is 22.9. The molecule has 6 nitrogen and oxygen atoms in total. The second kappa shape index (κ2) is 5.96. The van der Waals surface area contributed by atoms with Crippen LogP contribution in [0.15, 0.2) is 30.3 Å². The van der Waals surface area contributed by atoms with Gasteiger partial charge in [0.05, 0.1) is 16.6 Å². The van der Waals surface area contributed by atoms with Crippen LogP contribution in [0, 0.1) is 27.3 Å². The van der Waals surface area contributed by atoms with Crippen LogP contribution in [0.1, 0.15) is 12.5 Å². The molecule has 0 aliphatic heterocycles. The molecule has 1 aromatic carbocycles. The van der Waals surface area contributed by atoms with Crippen molar-refractivity contribution in [3.63, 3.8) is 0 Å². The van der Waals surface area contributed by atoms with E-state index >= 15 is 0 Å². The van der Waals surface area contributed by atoms with Crippen LogP contribution in [0.4, 0.5) is 15.9 Å². The van der Waals surface area contributed by atoms with Gasteiger partial charge in [-0.15, -0.1) is 0 Å².